The van der Waals surface area contributed by atoms with Gasteiger partial charge in [0.1, 0.15) is 5.69 Å². The second-order valence-electron chi connectivity index (χ2n) is 5.04. The van der Waals surface area contributed by atoms with Gasteiger partial charge in [-0.2, -0.15) is 4.98 Å². The van der Waals surface area contributed by atoms with Crippen molar-refractivity contribution in [2.24, 2.45) is 0 Å². The summed E-state index contributed by atoms with van der Waals surface area (Å²) in [5.74, 6) is 0.546. The Balaban J connectivity index is 2.37. The van der Waals surface area contributed by atoms with E-state index < -0.39 is 4.92 Å². The number of pyridine rings is 1. The van der Waals surface area contributed by atoms with Crippen LogP contribution in [0.25, 0.3) is 0 Å². The lowest BCUT2D eigenvalue weighted by Gasteiger charge is -2.21. The Morgan fingerprint density at radius 2 is 2.30 bits per heavy atom. The summed E-state index contributed by atoms with van der Waals surface area (Å²) in [7, 11) is 5.44. The van der Waals surface area contributed by atoms with Gasteiger partial charge in [-0.15, -0.1) is 0 Å². The van der Waals surface area contributed by atoms with E-state index in [0.717, 1.165) is 13.0 Å². The van der Waals surface area contributed by atoms with Gasteiger partial charge in [-0.3, -0.25) is 10.1 Å². The molecule has 2 rings (SSSR count). The van der Waals surface area contributed by atoms with Crippen LogP contribution >= 0.6 is 0 Å². The van der Waals surface area contributed by atoms with Crippen molar-refractivity contribution in [1.29, 1.82) is 0 Å². The Hall–Kier alpha value is -2.09. The lowest BCUT2D eigenvalue weighted by atomic mass is 10.2. The van der Waals surface area contributed by atoms with E-state index >= 15 is 0 Å². The molecule has 1 aliphatic heterocycles. The molecule has 8 nitrogen and oxygen atoms in total. The standard InChI is InChI=1S/C12H19N5O3/c1-15(2)8-4-5-16(7-8)11-10(17(18)19)6-9(13)12(14-11)20-3/h6,8H,4-5,7,13H2,1-3H3. The first-order valence-corrected chi connectivity index (χ1v) is 6.34. The van der Waals surface area contributed by atoms with Gasteiger partial charge in [0, 0.05) is 25.2 Å². The van der Waals surface area contributed by atoms with Crippen LogP contribution in [-0.2, 0) is 0 Å². The Labute approximate surface area is 117 Å². The number of hydrogen-bond donors (Lipinski definition) is 1. The highest BCUT2D eigenvalue weighted by atomic mass is 16.6. The number of nitrogens with zero attached hydrogens (tertiary/aromatic N) is 4. The van der Waals surface area contributed by atoms with Crippen molar-refractivity contribution in [3.05, 3.63) is 16.2 Å². The minimum absolute atomic E-state index is 0.0808. The van der Waals surface area contributed by atoms with Crippen molar-refractivity contribution in [3.8, 4) is 5.88 Å². The third-order valence-corrected chi connectivity index (χ3v) is 3.56. The molecule has 0 aliphatic carbocycles. The van der Waals surface area contributed by atoms with Crippen molar-refractivity contribution in [2.45, 2.75) is 12.5 Å². The number of rotatable bonds is 4. The molecule has 0 bridgehead atoms. The predicted octanol–water partition coefficient (Wildman–Crippen LogP) is 0.721. The zero-order chi connectivity index (χ0) is 14.9. The van der Waals surface area contributed by atoms with Gasteiger partial charge in [0.2, 0.25) is 11.7 Å². The molecule has 1 unspecified atom stereocenters. The van der Waals surface area contributed by atoms with Crippen LogP contribution in [0.15, 0.2) is 6.07 Å². The average molecular weight is 281 g/mol. The van der Waals surface area contributed by atoms with Crippen LogP contribution in [0.2, 0.25) is 0 Å². The lowest BCUT2D eigenvalue weighted by molar-refractivity contribution is -0.384. The monoisotopic (exact) mass is 281 g/mol. The van der Waals surface area contributed by atoms with Gasteiger partial charge in [-0.1, -0.05) is 0 Å². The molecule has 1 atom stereocenters. The lowest BCUT2D eigenvalue weighted by Crippen LogP contribution is -2.32. The van der Waals surface area contributed by atoms with Crippen LogP contribution in [-0.4, -0.2) is 55.1 Å². The van der Waals surface area contributed by atoms with E-state index in [1.54, 1.807) is 0 Å². The van der Waals surface area contributed by atoms with E-state index in [9.17, 15) is 10.1 Å². The van der Waals surface area contributed by atoms with Crippen LogP contribution in [0, 0.1) is 10.1 Å². The van der Waals surface area contributed by atoms with Crippen LogP contribution in [0.5, 0.6) is 5.88 Å². The number of nitro groups is 1. The fourth-order valence-corrected chi connectivity index (χ4v) is 2.38. The van der Waals surface area contributed by atoms with Gasteiger partial charge in [-0.05, 0) is 20.5 Å². The molecule has 0 saturated carbocycles. The molecule has 1 aliphatic rings. The van der Waals surface area contributed by atoms with E-state index in [1.807, 2.05) is 19.0 Å². The molecular formula is C12H19N5O3. The Morgan fingerprint density at radius 3 is 2.80 bits per heavy atom. The molecule has 1 aromatic heterocycles. The van der Waals surface area contributed by atoms with Gasteiger partial charge in [0.25, 0.3) is 0 Å². The summed E-state index contributed by atoms with van der Waals surface area (Å²) < 4.78 is 5.06. The molecule has 2 N–H and O–H groups in total. The highest BCUT2D eigenvalue weighted by Gasteiger charge is 2.31. The van der Waals surface area contributed by atoms with Crippen LogP contribution < -0.4 is 15.4 Å². The number of hydrogen-bond acceptors (Lipinski definition) is 7. The number of nitrogens with two attached hydrogens (primary N) is 1. The molecule has 110 valence electrons. The van der Waals surface area contributed by atoms with Gasteiger partial charge in [-0.25, -0.2) is 0 Å². The maximum Gasteiger partial charge on any atom is 0.313 e. The number of aromatic nitrogens is 1. The number of likely N-dealkylation sites (N-methyl/N-ethyl adjacent to an activating group) is 1. The van der Waals surface area contributed by atoms with Crippen LogP contribution in [0.4, 0.5) is 17.2 Å². The second kappa shape index (κ2) is 5.49. The number of anilines is 2. The van der Waals surface area contributed by atoms with Crippen molar-refractivity contribution < 1.29 is 9.66 Å². The van der Waals surface area contributed by atoms with E-state index in [0.29, 0.717) is 18.4 Å². The Kier molecular flexibility index (Phi) is 3.93. The van der Waals surface area contributed by atoms with Gasteiger partial charge in [0.05, 0.1) is 12.0 Å². The first-order valence-electron chi connectivity index (χ1n) is 6.34. The van der Waals surface area contributed by atoms with Crippen molar-refractivity contribution >= 4 is 17.2 Å². The Bertz CT molecular complexity index is 520. The maximum atomic E-state index is 11.2. The molecular weight excluding hydrogens is 262 g/mol. The summed E-state index contributed by atoms with van der Waals surface area (Å²) >= 11 is 0. The second-order valence-corrected chi connectivity index (χ2v) is 5.04. The van der Waals surface area contributed by atoms with Crippen molar-refractivity contribution in [1.82, 2.24) is 9.88 Å². The predicted molar refractivity (Wildman–Crippen MR) is 76.2 cm³/mol. The first kappa shape index (κ1) is 14.3. The summed E-state index contributed by atoms with van der Waals surface area (Å²) in [5.41, 5.74) is 5.79. The molecule has 0 radical (unpaired) electrons. The number of ether oxygens (including phenoxy) is 1. The van der Waals surface area contributed by atoms with Gasteiger partial charge >= 0.3 is 5.69 Å². The number of nitrogen functional groups attached to an aromatic ring is 1. The molecule has 2 heterocycles. The molecule has 20 heavy (non-hydrogen) atoms. The largest absolute Gasteiger partial charge is 0.479 e. The molecule has 1 aromatic rings. The van der Waals surface area contributed by atoms with Crippen molar-refractivity contribution in [2.75, 3.05) is 44.9 Å². The molecule has 1 fully saturated rings. The van der Waals surface area contributed by atoms with E-state index in [2.05, 4.69) is 9.88 Å². The third-order valence-electron chi connectivity index (χ3n) is 3.56. The maximum absolute atomic E-state index is 11.2. The van der Waals surface area contributed by atoms with E-state index in [1.165, 1.54) is 13.2 Å². The van der Waals surface area contributed by atoms with E-state index in [4.69, 9.17) is 10.5 Å². The fraction of sp³-hybridized carbons (Fsp3) is 0.583. The first-order chi connectivity index (χ1) is 9.43. The quantitative estimate of drug-likeness (QED) is 0.641. The van der Waals surface area contributed by atoms with Gasteiger partial charge < -0.3 is 20.3 Å². The molecule has 0 amide bonds. The number of methoxy groups -OCH3 is 1. The van der Waals surface area contributed by atoms with Crippen LogP contribution in [0.1, 0.15) is 6.42 Å². The smallest absolute Gasteiger partial charge is 0.313 e. The summed E-state index contributed by atoms with van der Waals surface area (Å²) in [6.07, 6.45) is 0.943. The highest BCUT2D eigenvalue weighted by Crippen LogP contribution is 2.35. The summed E-state index contributed by atoms with van der Waals surface area (Å²) in [4.78, 5) is 18.9. The van der Waals surface area contributed by atoms with Crippen molar-refractivity contribution in [3.63, 3.8) is 0 Å². The zero-order valence-electron chi connectivity index (χ0n) is 11.9. The summed E-state index contributed by atoms with van der Waals surface area (Å²) in [6, 6.07) is 1.67. The summed E-state index contributed by atoms with van der Waals surface area (Å²) in [6.45, 7) is 1.43. The third kappa shape index (κ3) is 2.60. The minimum Gasteiger partial charge on any atom is -0.479 e. The Morgan fingerprint density at radius 1 is 1.60 bits per heavy atom. The average Bonchev–Trinajstić information content (AvgIpc) is 2.87. The normalized spacial score (nSPS) is 18.6. The molecule has 8 heteroatoms. The highest BCUT2D eigenvalue weighted by molar-refractivity contribution is 5.67. The topological polar surface area (TPSA) is 97.8 Å². The zero-order valence-corrected chi connectivity index (χ0v) is 11.9. The van der Waals surface area contributed by atoms with E-state index in [-0.39, 0.29) is 17.3 Å². The summed E-state index contributed by atoms with van der Waals surface area (Å²) in [5, 5.41) is 11.2. The molecule has 0 aromatic carbocycles. The minimum atomic E-state index is -0.457. The van der Waals surface area contributed by atoms with Gasteiger partial charge in [0.15, 0.2) is 0 Å². The van der Waals surface area contributed by atoms with Crippen LogP contribution in [0.3, 0.4) is 0 Å². The SMILES string of the molecule is COc1nc(N2CCC(N(C)C)C2)c([N+](=O)[O-])cc1N. The molecule has 0 spiro atoms. The fourth-order valence-electron chi connectivity index (χ4n) is 2.38. The molecule has 1 saturated heterocycles.